The summed E-state index contributed by atoms with van der Waals surface area (Å²) in [6.45, 7) is 13.5. The summed E-state index contributed by atoms with van der Waals surface area (Å²) in [6.07, 6.45) is 0. The molecule has 0 bridgehead atoms. The van der Waals surface area contributed by atoms with Crippen LogP contribution in [0.5, 0.6) is 0 Å². The van der Waals surface area contributed by atoms with Gasteiger partial charge in [0.1, 0.15) is 22.3 Å². The lowest BCUT2D eigenvalue weighted by atomic mass is 9.59. The Bertz CT molecular complexity index is 3880. The van der Waals surface area contributed by atoms with E-state index in [-0.39, 0.29) is 10.8 Å². The van der Waals surface area contributed by atoms with Gasteiger partial charge < -0.3 is 18.7 Å². The predicted molar refractivity (Wildman–Crippen MR) is 266 cm³/mol. The van der Waals surface area contributed by atoms with E-state index in [1.807, 2.05) is 17.4 Å². The minimum Gasteiger partial charge on any atom is -0.456 e. The van der Waals surface area contributed by atoms with Crippen LogP contribution in [0.1, 0.15) is 52.7 Å². The van der Waals surface area contributed by atoms with Gasteiger partial charge in [-0.3, -0.25) is 0 Å². The van der Waals surface area contributed by atoms with Crippen LogP contribution in [-0.4, -0.2) is 11.8 Å². The highest BCUT2D eigenvalue weighted by Gasteiger charge is 2.29. The second kappa shape index (κ2) is 12.4. The van der Waals surface area contributed by atoms with Crippen LogP contribution < -0.4 is 16.2 Å². The van der Waals surface area contributed by atoms with Crippen LogP contribution in [0.4, 0.5) is 11.4 Å². The molecule has 0 atom stereocenters. The van der Waals surface area contributed by atoms with Crippen molar-refractivity contribution in [3.8, 4) is 16.8 Å². The van der Waals surface area contributed by atoms with Gasteiger partial charge in [-0.1, -0.05) is 120 Å². The molecule has 1 aliphatic heterocycles. The van der Waals surface area contributed by atoms with Crippen molar-refractivity contribution in [3.05, 3.63) is 151 Å². The van der Waals surface area contributed by atoms with Crippen molar-refractivity contribution >= 4 is 127 Å². The monoisotopic (exact) mass is 817 g/mol. The van der Waals surface area contributed by atoms with E-state index in [1.54, 1.807) is 0 Å². The number of rotatable bonds is 3. The number of para-hydroxylation sites is 1. The van der Waals surface area contributed by atoms with Crippen LogP contribution in [0.3, 0.4) is 0 Å². The summed E-state index contributed by atoms with van der Waals surface area (Å²) in [4.78, 5) is 0. The van der Waals surface area contributed by atoms with Crippen LogP contribution in [0.15, 0.2) is 148 Å². The zero-order valence-electron chi connectivity index (χ0n) is 35.5. The minimum atomic E-state index is 0.00306. The number of aromatic nitrogens is 1. The molecule has 4 aromatic heterocycles. The van der Waals surface area contributed by atoms with E-state index in [0.29, 0.717) is 0 Å². The third-order valence-electron chi connectivity index (χ3n) is 13.3. The summed E-state index contributed by atoms with van der Waals surface area (Å²) >= 11 is 1.87. The highest BCUT2D eigenvalue weighted by Crippen LogP contribution is 2.45. The first-order valence-corrected chi connectivity index (χ1v) is 22.4. The maximum absolute atomic E-state index is 6.80. The molecule has 13 rings (SSSR count). The second-order valence-corrected chi connectivity index (χ2v) is 20.4. The molecule has 1 aliphatic rings. The Hall–Kier alpha value is -6.76. The molecule has 6 heteroatoms. The van der Waals surface area contributed by atoms with Gasteiger partial charge in [0.25, 0.3) is 0 Å². The number of hydrogen-bond donors (Lipinski definition) is 1. The summed E-state index contributed by atoms with van der Waals surface area (Å²) < 4.78 is 18.5. The van der Waals surface area contributed by atoms with Gasteiger partial charge in [-0.25, -0.2) is 0 Å². The number of nitrogens with zero attached hydrogens (tertiary/aromatic N) is 1. The average Bonchev–Trinajstić information content (AvgIpc) is 4.00. The predicted octanol–water partition coefficient (Wildman–Crippen LogP) is 14.9. The summed E-state index contributed by atoms with van der Waals surface area (Å²) in [5, 5.41) is 13.5. The second-order valence-electron chi connectivity index (χ2n) is 19.3. The molecule has 0 aliphatic carbocycles. The van der Waals surface area contributed by atoms with E-state index in [1.165, 1.54) is 58.6 Å². The van der Waals surface area contributed by atoms with Gasteiger partial charge in [0.15, 0.2) is 7.28 Å². The summed E-state index contributed by atoms with van der Waals surface area (Å²) in [6, 6.07) is 51.4. The first kappa shape index (κ1) is 35.9. The Morgan fingerprint density at radius 1 is 0.500 bits per heavy atom. The van der Waals surface area contributed by atoms with Crippen molar-refractivity contribution in [1.82, 2.24) is 4.57 Å². The lowest BCUT2D eigenvalue weighted by Crippen LogP contribution is -2.37. The molecule has 0 spiro atoms. The number of benzene rings is 8. The van der Waals surface area contributed by atoms with Gasteiger partial charge in [-0.2, -0.15) is 0 Å². The number of hydrogen-bond acceptors (Lipinski definition) is 4. The number of nitrogens with one attached hydrogen (secondary N) is 1. The first-order valence-electron chi connectivity index (χ1n) is 21.6. The van der Waals surface area contributed by atoms with Crippen molar-refractivity contribution in [3.63, 3.8) is 0 Å². The number of thiophene rings is 1. The van der Waals surface area contributed by atoms with Crippen LogP contribution >= 0.6 is 11.3 Å². The number of fused-ring (bicyclic) bond motifs is 14. The Morgan fingerprint density at radius 2 is 1.18 bits per heavy atom. The van der Waals surface area contributed by atoms with E-state index in [0.717, 1.165) is 77.5 Å². The molecule has 0 fully saturated rings. The van der Waals surface area contributed by atoms with Gasteiger partial charge in [0, 0.05) is 80.6 Å². The highest BCUT2D eigenvalue weighted by molar-refractivity contribution is 7.25. The molecular formula is C56H42BN2O2S. The van der Waals surface area contributed by atoms with Crippen molar-refractivity contribution in [2.75, 3.05) is 5.32 Å². The molecule has 0 saturated carbocycles. The standard InChI is InChI=1S/C56H42BN2O2S/c1-55(2,3)30-15-18-32(19-16-30)58-44-24-40-34-20-17-31(56(4,5)6)23-48(34)61-49(40)27-38(44)36-21-22-37-39-28-52-42(35-12-8-10-14-51(35)62-52)26-45(39)59-46-25-41-33-11-7-9-13-47(33)60-50(41)29-43(46)57-53(36)54(37)59/h7-29,58H,1-6H3. The molecule has 4 nitrogen and oxygen atoms in total. The lowest BCUT2D eigenvalue weighted by Gasteiger charge is -2.24. The Morgan fingerprint density at radius 3 is 2.00 bits per heavy atom. The molecule has 1 N–H and O–H groups in total. The normalized spacial score (nSPS) is 13.1. The zero-order chi connectivity index (χ0) is 41.8. The minimum absolute atomic E-state index is 0.00306. The van der Waals surface area contributed by atoms with Crippen molar-refractivity contribution in [1.29, 1.82) is 0 Å². The fourth-order valence-corrected chi connectivity index (χ4v) is 11.2. The fourth-order valence-electron chi connectivity index (χ4n) is 10.0. The van der Waals surface area contributed by atoms with Crippen LogP contribution in [-0.2, 0) is 10.8 Å². The molecule has 0 saturated heterocycles. The van der Waals surface area contributed by atoms with Crippen LogP contribution in [0.25, 0.3) is 103 Å². The molecule has 0 amide bonds. The third-order valence-corrected chi connectivity index (χ3v) is 14.5. The lowest BCUT2D eigenvalue weighted by molar-refractivity contribution is 0.587. The van der Waals surface area contributed by atoms with Gasteiger partial charge in [0.2, 0.25) is 0 Å². The van der Waals surface area contributed by atoms with E-state index in [9.17, 15) is 0 Å². The molecule has 8 aromatic carbocycles. The van der Waals surface area contributed by atoms with E-state index >= 15 is 0 Å². The Balaban J connectivity index is 1.10. The van der Waals surface area contributed by atoms with Crippen LogP contribution in [0.2, 0.25) is 0 Å². The number of furan rings is 2. The first-order chi connectivity index (χ1) is 29.9. The van der Waals surface area contributed by atoms with Crippen molar-refractivity contribution in [2.24, 2.45) is 0 Å². The highest BCUT2D eigenvalue weighted by atomic mass is 32.1. The van der Waals surface area contributed by atoms with Gasteiger partial charge in [-0.15, -0.1) is 11.3 Å². The van der Waals surface area contributed by atoms with Gasteiger partial charge >= 0.3 is 0 Å². The summed E-state index contributed by atoms with van der Waals surface area (Å²) in [7, 11) is 2.39. The Kier molecular flexibility index (Phi) is 7.21. The van der Waals surface area contributed by atoms with Crippen molar-refractivity contribution < 1.29 is 8.83 Å². The molecule has 0 unspecified atom stereocenters. The summed E-state index contributed by atoms with van der Waals surface area (Å²) in [5.74, 6) is 0. The maximum atomic E-state index is 6.80. The molecule has 1 radical (unpaired) electrons. The van der Waals surface area contributed by atoms with E-state index < -0.39 is 0 Å². The smallest absolute Gasteiger partial charge is 0.198 e. The Labute approximate surface area is 363 Å². The average molecular weight is 818 g/mol. The fraction of sp³-hybridized carbons (Fsp3) is 0.143. The molecule has 5 heterocycles. The SMILES string of the molecule is CC(C)(C)c1ccc(Nc2cc3c(cc2-c2ccc4c5cc6sc7ccccc7c6cc5n5c4c2[B]c2cc4oc6ccccc6c4cc2-5)oc2cc(C(C)(C)C)ccc23)cc1. The van der Waals surface area contributed by atoms with Gasteiger partial charge in [0.05, 0.1) is 5.52 Å². The van der Waals surface area contributed by atoms with Crippen molar-refractivity contribution in [2.45, 2.75) is 52.4 Å². The summed E-state index contributed by atoms with van der Waals surface area (Å²) in [5.41, 5.74) is 16.3. The van der Waals surface area contributed by atoms with Crippen LogP contribution in [0, 0.1) is 0 Å². The maximum Gasteiger partial charge on any atom is 0.198 e. The van der Waals surface area contributed by atoms with E-state index in [4.69, 9.17) is 8.83 Å². The zero-order valence-corrected chi connectivity index (χ0v) is 36.3. The largest absolute Gasteiger partial charge is 0.456 e. The van der Waals surface area contributed by atoms with E-state index in [2.05, 4.69) is 192 Å². The molecule has 12 aromatic rings. The topological polar surface area (TPSA) is 43.2 Å². The molecule has 62 heavy (non-hydrogen) atoms. The third kappa shape index (κ3) is 5.20. The molecule has 297 valence electrons. The number of anilines is 2. The quantitative estimate of drug-likeness (QED) is 0.181. The van der Waals surface area contributed by atoms with Gasteiger partial charge in [-0.05, 0) is 99.7 Å². The molecular weight excluding hydrogens is 776 g/mol.